The first-order chi connectivity index (χ1) is 11.5. The molecule has 1 aromatic heterocycles. The van der Waals surface area contributed by atoms with Crippen molar-refractivity contribution in [3.05, 3.63) is 75.8 Å². The zero-order valence-corrected chi connectivity index (χ0v) is 14.0. The Bertz CT molecular complexity index is 898. The first kappa shape index (κ1) is 16.4. The van der Waals surface area contributed by atoms with Crippen molar-refractivity contribution in [2.75, 3.05) is 0 Å². The molecule has 2 aromatic carbocycles. The zero-order valence-electron chi connectivity index (χ0n) is 14.0. The highest BCUT2D eigenvalue weighted by Gasteiger charge is 2.25. The second-order valence-electron chi connectivity index (χ2n) is 6.29. The van der Waals surface area contributed by atoms with Crippen LogP contribution < -0.4 is 5.56 Å². The highest BCUT2D eigenvalue weighted by molar-refractivity contribution is 5.78. The number of aromatic amines is 1. The summed E-state index contributed by atoms with van der Waals surface area (Å²) in [5.74, 6) is 0.719. The lowest BCUT2D eigenvalue weighted by atomic mass is 9.88. The predicted octanol–water partition coefficient (Wildman–Crippen LogP) is 3.52. The van der Waals surface area contributed by atoms with E-state index in [9.17, 15) is 9.90 Å². The molecule has 0 aliphatic carbocycles. The Balaban J connectivity index is 2.06. The van der Waals surface area contributed by atoms with Gasteiger partial charge in [0, 0.05) is 6.42 Å². The van der Waals surface area contributed by atoms with Gasteiger partial charge in [-0.3, -0.25) is 4.79 Å². The zero-order chi connectivity index (χ0) is 17.2. The Morgan fingerprint density at radius 1 is 1.12 bits per heavy atom. The minimum Gasteiger partial charge on any atom is -0.381 e. The number of hydrogen-bond donors (Lipinski definition) is 2. The molecule has 0 saturated heterocycles. The molecule has 2 N–H and O–H groups in total. The average molecular weight is 322 g/mol. The predicted molar refractivity (Wildman–Crippen MR) is 96.1 cm³/mol. The molecule has 4 nitrogen and oxygen atoms in total. The number of unbranched alkanes of at least 4 members (excludes halogenated alkanes) is 1. The molecule has 4 heteroatoms. The molecule has 1 unspecified atom stereocenters. The molecule has 1 atom stereocenters. The maximum Gasteiger partial charge on any atom is 0.280 e. The number of aliphatic hydroxyl groups is 1. The molecule has 0 radical (unpaired) electrons. The molecule has 3 rings (SSSR count). The maximum atomic E-state index is 12.4. The van der Waals surface area contributed by atoms with Crippen molar-refractivity contribution in [1.29, 1.82) is 0 Å². The SMILES string of the molecule is CCCCc1nc(=O)c2cc(C(C)(O)c3ccccc3)ccc2[nH]1. The van der Waals surface area contributed by atoms with Gasteiger partial charge in [0.2, 0.25) is 0 Å². The second-order valence-corrected chi connectivity index (χ2v) is 6.29. The summed E-state index contributed by atoms with van der Waals surface area (Å²) in [6, 6.07) is 14.9. The van der Waals surface area contributed by atoms with Gasteiger partial charge in [0.25, 0.3) is 5.56 Å². The number of H-pyrrole nitrogens is 1. The van der Waals surface area contributed by atoms with Gasteiger partial charge in [0.1, 0.15) is 11.4 Å². The topological polar surface area (TPSA) is 66.0 Å². The van der Waals surface area contributed by atoms with Gasteiger partial charge >= 0.3 is 0 Å². The second kappa shape index (κ2) is 6.57. The van der Waals surface area contributed by atoms with Crippen LogP contribution in [0.25, 0.3) is 10.9 Å². The summed E-state index contributed by atoms with van der Waals surface area (Å²) in [6.45, 7) is 3.85. The number of aromatic nitrogens is 2. The quantitative estimate of drug-likeness (QED) is 0.755. The minimum atomic E-state index is -1.16. The van der Waals surface area contributed by atoms with Crippen molar-refractivity contribution < 1.29 is 5.11 Å². The van der Waals surface area contributed by atoms with Crippen LogP contribution in [0.2, 0.25) is 0 Å². The van der Waals surface area contributed by atoms with Crippen molar-refractivity contribution in [1.82, 2.24) is 9.97 Å². The van der Waals surface area contributed by atoms with E-state index in [2.05, 4.69) is 16.9 Å². The van der Waals surface area contributed by atoms with Crippen molar-refractivity contribution in [2.45, 2.75) is 38.7 Å². The minimum absolute atomic E-state index is 0.249. The third kappa shape index (κ3) is 3.10. The Kier molecular flexibility index (Phi) is 4.49. The van der Waals surface area contributed by atoms with E-state index in [0.717, 1.165) is 36.2 Å². The Morgan fingerprint density at radius 3 is 2.58 bits per heavy atom. The highest BCUT2D eigenvalue weighted by Crippen LogP contribution is 2.30. The van der Waals surface area contributed by atoms with Crippen LogP contribution >= 0.6 is 0 Å². The number of benzene rings is 2. The number of aryl methyl sites for hydroxylation is 1. The summed E-state index contributed by atoms with van der Waals surface area (Å²) in [5.41, 5.74) is 0.806. The summed E-state index contributed by atoms with van der Waals surface area (Å²) in [7, 11) is 0. The largest absolute Gasteiger partial charge is 0.381 e. The van der Waals surface area contributed by atoms with E-state index in [0.29, 0.717) is 10.9 Å². The van der Waals surface area contributed by atoms with Crippen LogP contribution in [-0.4, -0.2) is 15.1 Å². The fraction of sp³-hybridized carbons (Fsp3) is 0.300. The normalized spacial score (nSPS) is 13.8. The third-order valence-corrected chi connectivity index (χ3v) is 4.43. The monoisotopic (exact) mass is 322 g/mol. The number of nitrogens with zero attached hydrogens (tertiary/aromatic N) is 1. The maximum absolute atomic E-state index is 12.4. The van der Waals surface area contributed by atoms with Crippen molar-refractivity contribution in [3.63, 3.8) is 0 Å². The molecule has 0 amide bonds. The summed E-state index contributed by atoms with van der Waals surface area (Å²) in [4.78, 5) is 19.7. The molecule has 3 aromatic rings. The first-order valence-electron chi connectivity index (χ1n) is 8.33. The van der Waals surface area contributed by atoms with Crippen LogP contribution in [0.3, 0.4) is 0 Å². The van der Waals surface area contributed by atoms with Gasteiger partial charge in [-0.2, -0.15) is 4.98 Å². The molecule has 0 fully saturated rings. The lowest BCUT2D eigenvalue weighted by Crippen LogP contribution is -2.23. The molecular weight excluding hydrogens is 300 g/mol. The molecule has 0 saturated carbocycles. The van der Waals surface area contributed by atoms with Crippen LogP contribution in [0.5, 0.6) is 0 Å². The molecule has 124 valence electrons. The molecule has 0 bridgehead atoms. The molecular formula is C20H22N2O2. The van der Waals surface area contributed by atoms with Gasteiger partial charge in [-0.05, 0) is 36.6 Å². The fourth-order valence-corrected chi connectivity index (χ4v) is 2.89. The molecule has 0 spiro atoms. The number of fused-ring (bicyclic) bond motifs is 1. The smallest absolute Gasteiger partial charge is 0.280 e. The van der Waals surface area contributed by atoms with Gasteiger partial charge < -0.3 is 10.1 Å². The van der Waals surface area contributed by atoms with Crippen molar-refractivity contribution in [2.24, 2.45) is 0 Å². The van der Waals surface area contributed by atoms with Gasteiger partial charge in [0.05, 0.1) is 10.9 Å². The van der Waals surface area contributed by atoms with Gasteiger partial charge in [0.15, 0.2) is 0 Å². The van der Waals surface area contributed by atoms with Crippen molar-refractivity contribution in [3.8, 4) is 0 Å². The van der Waals surface area contributed by atoms with Crippen LogP contribution in [0.4, 0.5) is 0 Å². The molecule has 1 heterocycles. The fourth-order valence-electron chi connectivity index (χ4n) is 2.89. The van der Waals surface area contributed by atoms with Gasteiger partial charge in [-0.15, -0.1) is 0 Å². The van der Waals surface area contributed by atoms with E-state index in [1.165, 1.54) is 0 Å². The van der Waals surface area contributed by atoms with E-state index in [1.54, 1.807) is 13.0 Å². The summed E-state index contributed by atoms with van der Waals surface area (Å²) in [6.07, 6.45) is 2.82. The number of nitrogens with one attached hydrogen (secondary N) is 1. The van der Waals surface area contributed by atoms with Crippen LogP contribution in [0.15, 0.2) is 53.3 Å². The average Bonchev–Trinajstić information content (AvgIpc) is 2.60. The molecule has 24 heavy (non-hydrogen) atoms. The third-order valence-electron chi connectivity index (χ3n) is 4.43. The molecule has 0 aliphatic rings. The summed E-state index contributed by atoms with van der Waals surface area (Å²) in [5, 5.41) is 11.4. The van der Waals surface area contributed by atoms with Gasteiger partial charge in [-0.1, -0.05) is 49.7 Å². The van der Waals surface area contributed by atoms with Crippen LogP contribution in [0.1, 0.15) is 43.6 Å². The van der Waals surface area contributed by atoms with E-state index >= 15 is 0 Å². The lowest BCUT2D eigenvalue weighted by molar-refractivity contribution is 0.102. The van der Waals surface area contributed by atoms with E-state index in [4.69, 9.17) is 0 Å². The van der Waals surface area contributed by atoms with Crippen LogP contribution in [-0.2, 0) is 12.0 Å². The highest BCUT2D eigenvalue weighted by atomic mass is 16.3. The molecule has 0 aliphatic heterocycles. The Hall–Kier alpha value is -2.46. The lowest BCUT2D eigenvalue weighted by Gasteiger charge is -2.24. The van der Waals surface area contributed by atoms with E-state index < -0.39 is 5.60 Å². The van der Waals surface area contributed by atoms with Gasteiger partial charge in [-0.25, -0.2) is 0 Å². The standard InChI is InChI=1S/C20H22N2O2/c1-3-4-10-18-21-17-12-11-15(13-16(17)19(23)22-18)20(2,24)14-8-6-5-7-9-14/h5-9,11-13,24H,3-4,10H2,1-2H3,(H,21,22,23). The summed E-state index contributed by atoms with van der Waals surface area (Å²) < 4.78 is 0. The van der Waals surface area contributed by atoms with Crippen LogP contribution in [0, 0.1) is 0 Å². The first-order valence-corrected chi connectivity index (χ1v) is 8.33. The van der Waals surface area contributed by atoms with E-state index in [-0.39, 0.29) is 5.56 Å². The number of hydrogen-bond acceptors (Lipinski definition) is 3. The Labute approximate surface area is 141 Å². The van der Waals surface area contributed by atoms with Crippen molar-refractivity contribution >= 4 is 10.9 Å². The Morgan fingerprint density at radius 2 is 1.88 bits per heavy atom. The number of rotatable bonds is 5. The van der Waals surface area contributed by atoms with E-state index in [1.807, 2.05) is 42.5 Å². The summed E-state index contributed by atoms with van der Waals surface area (Å²) >= 11 is 0.